The van der Waals surface area contributed by atoms with Crippen molar-refractivity contribution in [3.63, 3.8) is 0 Å². The third-order valence-electron chi connectivity index (χ3n) is 4.10. The molecule has 0 N–H and O–H groups in total. The third-order valence-corrected chi connectivity index (χ3v) is 4.10. The zero-order valence-electron chi connectivity index (χ0n) is 13.3. The average molecular weight is 318 g/mol. The Morgan fingerprint density at radius 2 is 1.96 bits per heavy atom. The van der Waals surface area contributed by atoms with Crippen LogP contribution in [0.3, 0.4) is 0 Å². The molecule has 2 rings (SSSR count). The summed E-state index contributed by atoms with van der Waals surface area (Å²) in [6.45, 7) is 1.80. The first-order valence-electron chi connectivity index (χ1n) is 8.28. The number of rotatable bonds is 6. The molecule has 1 aliphatic heterocycles. The first-order chi connectivity index (χ1) is 11.2. The molecule has 0 spiro atoms. The lowest BCUT2D eigenvalue weighted by Crippen LogP contribution is -2.36. The van der Waals surface area contributed by atoms with Crippen molar-refractivity contribution in [1.82, 2.24) is 4.90 Å². The van der Waals surface area contributed by atoms with Gasteiger partial charge in [-0.1, -0.05) is 25.0 Å². The SMILES string of the molecule is N#CC(CCCOc1ccccc1F)C(=O)N1CCCCCC1. The van der Waals surface area contributed by atoms with Crippen LogP contribution in [-0.2, 0) is 4.79 Å². The fourth-order valence-corrected chi connectivity index (χ4v) is 2.79. The minimum Gasteiger partial charge on any atom is -0.491 e. The molecule has 1 unspecified atom stereocenters. The Morgan fingerprint density at radius 3 is 2.61 bits per heavy atom. The summed E-state index contributed by atoms with van der Waals surface area (Å²) >= 11 is 0. The predicted molar refractivity (Wildman–Crippen MR) is 85.3 cm³/mol. The molecule has 0 radical (unpaired) electrons. The molecule has 0 saturated carbocycles. The summed E-state index contributed by atoms with van der Waals surface area (Å²) in [6.07, 6.45) is 5.32. The highest BCUT2D eigenvalue weighted by molar-refractivity contribution is 5.81. The van der Waals surface area contributed by atoms with Crippen LogP contribution in [0, 0.1) is 23.1 Å². The van der Waals surface area contributed by atoms with Gasteiger partial charge in [-0.2, -0.15) is 5.26 Å². The van der Waals surface area contributed by atoms with E-state index in [4.69, 9.17) is 4.74 Å². The molecule has 0 aliphatic carbocycles. The zero-order chi connectivity index (χ0) is 16.5. The molecule has 1 aliphatic rings. The zero-order valence-corrected chi connectivity index (χ0v) is 13.3. The summed E-state index contributed by atoms with van der Waals surface area (Å²) in [6, 6.07) is 8.33. The molecule has 0 bridgehead atoms. The van der Waals surface area contributed by atoms with E-state index < -0.39 is 11.7 Å². The molecule has 5 heteroatoms. The first-order valence-corrected chi connectivity index (χ1v) is 8.28. The van der Waals surface area contributed by atoms with Crippen molar-refractivity contribution in [2.75, 3.05) is 19.7 Å². The normalized spacial score (nSPS) is 16.3. The van der Waals surface area contributed by atoms with Crippen LogP contribution in [0.1, 0.15) is 38.5 Å². The quantitative estimate of drug-likeness (QED) is 0.754. The number of ether oxygens (including phenoxy) is 1. The summed E-state index contributed by atoms with van der Waals surface area (Å²) in [5.41, 5.74) is 0. The number of hydrogen-bond donors (Lipinski definition) is 0. The van der Waals surface area contributed by atoms with Crippen molar-refractivity contribution < 1.29 is 13.9 Å². The van der Waals surface area contributed by atoms with Gasteiger partial charge in [0.2, 0.25) is 5.91 Å². The molecular weight excluding hydrogens is 295 g/mol. The van der Waals surface area contributed by atoms with E-state index in [1.165, 1.54) is 6.07 Å². The van der Waals surface area contributed by atoms with Gasteiger partial charge >= 0.3 is 0 Å². The first kappa shape index (κ1) is 17.3. The van der Waals surface area contributed by atoms with E-state index in [-0.39, 0.29) is 11.7 Å². The van der Waals surface area contributed by atoms with Gasteiger partial charge in [0.05, 0.1) is 12.7 Å². The van der Waals surface area contributed by atoms with Gasteiger partial charge in [-0.3, -0.25) is 4.79 Å². The fourth-order valence-electron chi connectivity index (χ4n) is 2.79. The molecule has 124 valence electrons. The third kappa shape index (κ3) is 5.24. The van der Waals surface area contributed by atoms with Crippen molar-refractivity contribution >= 4 is 5.91 Å². The van der Waals surface area contributed by atoms with Crippen LogP contribution in [0.2, 0.25) is 0 Å². The second-order valence-corrected chi connectivity index (χ2v) is 5.84. The Bertz CT molecular complexity index is 548. The Hall–Kier alpha value is -2.09. The molecule has 1 amide bonds. The number of likely N-dealkylation sites (tertiary alicyclic amines) is 1. The van der Waals surface area contributed by atoms with Crippen molar-refractivity contribution in [1.29, 1.82) is 5.26 Å². The topological polar surface area (TPSA) is 53.3 Å². The van der Waals surface area contributed by atoms with E-state index in [9.17, 15) is 14.4 Å². The van der Waals surface area contributed by atoms with Crippen LogP contribution in [0.15, 0.2) is 24.3 Å². The highest BCUT2D eigenvalue weighted by Crippen LogP contribution is 2.18. The lowest BCUT2D eigenvalue weighted by Gasteiger charge is -2.22. The molecule has 1 saturated heterocycles. The smallest absolute Gasteiger partial charge is 0.239 e. The Balaban J connectivity index is 1.77. The molecule has 4 nitrogen and oxygen atoms in total. The molecule has 23 heavy (non-hydrogen) atoms. The maximum Gasteiger partial charge on any atom is 0.239 e. The van der Waals surface area contributed by atoms with Crippen molar-refractivity contribution in [3.05, 3.63) is 30.1 Å². The summed E-state index contributed by atoms with van der Waals surface area (Å²) in [4.78, 5) is 14.2. The van der Waals surface area contributed by atoms with Crippen LogP contribution in [0.4, 0.5) is 4.39 Å². The Labute approximate surface area is 136 Å². The molecule has 1 atom stereocenters. The number of carbonyl (C=O) groups is 1. The predicted octanol–water partition coefficient (Wildman–Crippen LogP) is 3.53. The van der Waals surface area contributed by atoms with Crippen molar-refractivity contribution in [2.24, 2.45) is 5.92 Å². The largest absolute Gasteiger partial charge is 0.491 e. The number of hydrogen-bond acceptors (Lipinski definition) is 3. The number of amides is 1. The van der Waals surface area contributed by atoms with Crippen molar-refractivity contribution in [2.45, 2.75) is 38.5 Å². The highest BCUT2D eigenvalue weighted by Gasteiger charge is 2.24. The van der Waals surface area contributed by atoms with E-state index in [1.807, 2.05) is 4.90 Å². The summed E-state index contributed by atoms with van der Waals surface area (Å²) in [5, 5.41) is 9.26. The van der Waals surface area contributed by atoms with Gasteiger partial charge in [-0.05, 0) is 37.8 Å². The maximum absolute atomic E-state index is 13.4. The maximum atomic E-state index is 13.4. The van der Waals surface area contributed by atoms with Gasteiger partial charge in [0.15, 0.2) is 11.6 Å². The van der Waals surface area contributed by atoms with E-state index in [2.05, 4.69) is 6.07 Å². The number of nitriles is 1. The Kier molecular flexibility index (Phi) is 6.86. The van der Waals surface area contributed by atoms with Crippen LogP contribution in [0.5, 0.6) is 5.75 Å². The Morgan fingerprint density at radius 1 is 1.26 bits per heavy atom. The molecular formula is C18H23FN2O2. The van der Waals surface area contributed by atoms with Gasteiger partial charge in [-0.25, -0.2) is 4.39 Å². The molecule has 1 heterocycles. The fraction of sp³-hybridized carbons (Fsp3) is 0.556. The number of nitrogens with zero attached hydrogens (tertiary/aromatic N) is 2. The molecule has 1 fully saturated rings. The van der Waals surface area contributed by atoms with Crippen molar-refractivity contribution in [3.8, 4) is 11.8 Å². The van der Waals surface area contributed by atoms with Crippen LogP contribution < -0.4 is 4.74 Å². The second-order valence-electron chi connectivity index (χ2n) is 5.84. The summed E-state index contributed by atoms with van der Waals surface area (Å²) in [7, 11) is 0. The van der Waals surface area contributed by atoms with Gasteiger partial charge in [-0.15, -0.1) is 0 Å². The number of carbonyl (C=O) groups excluding carboxylic acids is 1. The highest BCUT2D eigenvalue weighted by atomic mass is 19.1. The van der Waals surface area contributed by atoms with Gasteiger partial charge < -0.3 is 9.64 Å². The summed E-state index contributed by atoms with van der Waals surface area (Å²) < 4.78 is 18.8. The molecule has 1 aromatic rings. The number of halogens is 1. The number of para-hydroxylation sites is 1. The van der Waals surface area contributed by atoms with E-state index in [0.717, 1.165) is 38.8 Å². The minimum atomic E-state index is -0.627. The van der Waals surface area contributed by atoms with Gasteiger partial charge in [0.25, 0.3) is 0 Å². The van der Waals surface area contributed by atoms with Crippen LogP contribution in [0.25, 0.3) is 0 Å². The molecule has 1 aromatic carbocycles. The van der Waals surface area contributed by atoms with E-state index in [0.29, 0.717) is 19.4 Å². The summed E-state index contributed by atoms with van der Waals surface area (Å²) in [5.74, 6) is -0.887. The van der Waals surface area contributed by atoms with Crippen LogP contribution >= 0.6 is 0 Å². The molecule has 0 aromatic heterocycles. The van der Waals surface area contributed by atoms with Crippen LogP contribution in [-0.4, -0.2) is 30.5 Å². The van der Waals surface area contributed by atoms with E-state index in [1.54, 1.807) is 18.2 Å². The monoisotopic (exact) mass is 318 g/mol. The minimum absolute atomic E-state index is 0.0692. The second kappa shape index (κ2) is 9.14. The lowest BCUT2D eigenvalue weighted by molar-refractivity contribution is -0.133. The van der Waals surface area contributed by atoms with Gasteiger partial charge in [0, 0.05) is 13.1 Å². The lowest BCUT2D eigenvalue weighted by atomic mass is 10.0. The standard InChI is InChI=1S/C18H23FN2O2/c19-16-9-3-4-10-17(16)23-13-7-8-15(14-20)18(22)21-11-5-1-2-6-12-21/h3-4,9-10,15H,1-2,5-8,11-13H2. The van der Waals surface area contributed by atoms with E-state index >= 15 is 0 Å². The number of benzene rings is 1. The van der Waals surface area contributed by atoms with Gasteiger partial charge in [0.1, 0.15) is 5.92 Å². The average Bonchev–Trinajstić information content (AvgIpc) is 2.85.